The van der Waals surface area contributed by atoms with Crippen LogP contribution >= 0.6 is 0 Å². The van der Waals surface area contributed by atoms with E-state index in [0.717, 1.165) is 35.8 Å². The van der Waals surface area contributed by atoms with Gasteiger partial charge in [-0.15, -0.1) is 0 Å². The van der Waals surface area contributed by atoms with Gasteiger partial charge in [0.1, 0.15) is 12.6 Å². The Hall–Kier alpha value is -2.13. The van der Waals surface area contributed by atoms with E-state index in [1.54, 1.807) is 12.1 Å². The van der Waals surface area contributed by atoms with Gasteiger partial charge in [0.2, 0.25) is 21.8 Å². The van der Waals surface area contributed by atoms with Gasteiger partial charge in [-0.05, 0) is 44.4 Å². The number of hydrogen-bond acceptors (Lipinski definition) is 5. The molecule has 0 unspecified atom stereocenters. The van der Waals surface area contributed by atoms with Crippen molar-refractivity contribution >= 4 is 33.2 Å². The van der Waals surface area contributed by atoms with E-state index in [1.807, 2.05) is 11.8 Å². The molecule has 8 nitrogen and oxygen atoms in total. The third-order valence-electron chi connectivity index (χ3n) is 5.06. The Morgan fingerprint density at radius 2 is 2.00 bits per heavy atom. The molecule has 148 valence electrons. The van der Waals surface area contributed by atoms with E-state index in [1.165, 1.54) is 25.1 Å². The maximum Gasteiger partial charge on any atom is 0.250 e. The summed E-state index contributed by atoms with van der Waals surface area (Å²) in [4.78, 5) is 28.9. The second kappa shape index (κ2) is 7.47. The van der Waals surface area contributed by atoms with Crippen LogP contribution in [0.25, 0.3) is 0 Å². The number of hydrogen-bond donors (Lipinski definition) is 1. The van der Waals surface area contributed by atoms with Crippen molar-refractivity contribution in [3.8, 4) is 0 Å². The highest BCUT2D eigenvalue weighted by atomic mass is 32.2. The van der Waals surface area contributed by atoms with Crippen molar-refractivity contribution in [2.75, 3.05) is 43.5 Å². The number of nitrogens with one attached hydrogen (secondary N) is 1. The summed E-state index contributed by atoms with van der Waals surface area (Å²) in [6, 6.07) is 4.53. The number of carbonyl (C=O) groups is 2. The van der Waals surface area contributed by atoms with Crippen LogP contribution in [0.4, 0.5) is 11.4 Å². The molecule has 0 spiro atoms. The Morgan fingerprint density at radius 3 is 2.67 bits per heavy atom. The summed E-state index contributed by atoms with van der Waals surface area (Å²) in [5.74, 6) is -0.408. The zero-order valence-corrected chi connectivity index (χ0v) is 16.8. The number of rotatable bonds is 5. The van der Waals surface area contributed by atoms with Crippen molar-refractivity contribution in [2.24, 2.45) is 0 Å². The highest BCUT2D eigenvalue weighted by Crippen LogP contribution is 2.40. The first-order chi connectivity index (χ1) is 12.8. The van der Waals surface area contributed by atoms with E-state index in [0.29, 0.717) is 12.2 Å². The van der Waals surface area contributed by atoms with E-state index >= 15 is 0 Å². The standard InChI is InChI=1S/C18H26N4O4S/c1-4-19-17(23)12-22-16-11-13(27(25,26)20(2)3)8-9-14(16)21-10-6-5-7-15(21)18(22)24/h8-9,11,15H,4-7,10,12H2,1-3H3,(H,19,23)/t15-/m1/s1. The third kappa shape index (κ3) is 3.53. The van der Waals surface area contributed by atoms with E-state index in [4.69, 9.17) is 0 Å². The molecule has 3 rings (SSSR count). The van der Waals surface area contributed by atoms with E-state index < -0.39 is 10.0 Å². The lowest BCUT2D eigenvalue weighted by molar-refractivity contribution is -0.124. The molecule has 9 heteroatoms. The molecule has 1 saturated heterocycles. The third-order valence-corrected chi connectivity index (χ3v) is 6.87. The van der Waals surface area contributed by atoms with Crippen LogP contribution < -0.4 is 15.1 Å². The van der Waals surface area contributed by atoms with Crippen molar-refractivity contribution in [1.82, 2.24) is 9.62 Å². The van der Waals surface area contributed by atoms with Crippen LogP contribution in [0.3, 0.4) is 0 Å². The molecule has 1 N–H and O–H groups in total. The van der Waals surface area contributed by atoms with Crippen LogP contribution in [0.1, 0.15) is 26.2 Å². The maximum absolute atomic E-state index is 13.1. The fraction of sp³-hybridized carbons (Fsp3) is 0.556. The molecule has 0 saturated carbocycles. The Balaban J connectivity index is 2.09. The first kappa shape index (κ1) is 19.6. The van der Waals surface area contributed by atoms with Gasteiger partial charge in [0.05, 0.1) is 16.3 Å². The van der Waals surface area contributed by atoms with Crippen LogP contribution in [-0.4, -0.2) is 64.3 Å². The molecule has 2 aliphatic rings. The monoisotopic (exact) mass is 394 g/mol. The van der Waals surface area contributed by atoms with Gasteiger partial charge >= 0.3 is 0 Å². The smallest absolute Gasteiger partial charge is 0.250 e. The Morgan fingerprint density at radius 1 is 1.26 bits per heavy atom. The number of sulfonamides is 1. The zero-order valence-electron chi connectivity index (χ0n) is 15.9. The molecule has 0 aliphatic carbocycles. The number of fused-ring (bicyclic) bond motifs is 3. The molecule has 1 aromatic carbocycles. The van der Waals surface area contributed by atoms with Gasteiger partial charge in [-0.1, -0.05) is 0 Å². The number of amides is 2. The molecular formula is C18H26N4O4S. The number of piperidine rings is 1. The average Bonchev–Trinajstić information content (AvgIpc) is 2.64. The molecule has 2 heterocycles. The summed E-state index contributed by atoms with van der Waals surface area (Å²) >= 11 is 0. The molecule has 0 radical (unpaired) electrons. The molecule has 0 bridgehead atoms. The predicted octanol–water partition coefficient (Wildman–Crippen LogP) is 0.779. The van der Waals surface area contributed by atoms with Crippen molar-refractivity contribution in [2.45, 2.75) is 37.1 Å². The highest BCUT2D eigenvalue weighted by molar-refractivity contribution is 7.89. The number of anilines is 2. The molecule has 2 amide bonds. The summed E-state index contributed by atoms with van der Waals surface area (Å²) < 4.78 is 26.2. The minimum Gasteiger partial charge on any atom is -0.358 e. The van der Waals surface area contributed by atoms with Crippen LogP contribution in [0.15, 0.2) is 23.1 Å². The largest absolute Gasteiger partial charge is 0.358 e. The van der Waals surface area contributed by atoms with Gasteiger partial charge in [0, 0.05) is 27.2 Å². The van der Waals surface area contributed by atoms with E-state index in [9.17, 15) is 18.0 Å². The normalized spacial score (nSPS) is 19.7. The van der Waals surface area contributed by atoms with Crippen LogP contribution in [0.5, 0.6) is 0 Å². The van der Waals surface area contributed by atoms with Crippen LogP contribution in [-0.2, 0) is 19.6 Å². The zero-order chi connectivity index (χ0) is 19.8. The summed E-state index contributed by atoms with van der Waals surface area (Å²) in [6.07, 6.45) is 2.68. The second-order valence-corrected chi connectivity index (χ2v) is 9.17. The molecule has 1 fully saturated rings. The fourth-order valence-electron chi connectivity index (χ4n) is 3.67. The molecule has 27 heavy (non-hydrogen) atoms. The fourth-order valence-corrected chi connectivity index (χ4v) is 4.59. The maximum atomic E-state index is 13.1. The van der Waals surface area contributed by atoms with E-state index in [2.05, 4.69) is 5.32 Å². The summed E-state index contributed by atoms with van der Waals surface area (Å²) in [7, 11) is -0.712. The summed E-state index contributed by atoms with van der Waals surface area (Å²) in [5, 5.41) is 2.71. The molecular weight excluding hydrogens is 368 g/mol. The Bertz CT molecular complexity index is 853. The van der Waals surface area contributed by atoms with Gasteiger partial charge in [0.15, 0.2) is 0 Å². The van der Waals surface area contributed by atoms with Gasteiger partial charge in [-0.25, -0.2) is 12.7 Å². The second-order valence-electron chi connectivity index (χ2n) is 7.02. The predicted molar refractivity (Wildman–Crippen MR) is 103 cm³/mol. The molecule has 0 aromatic heterocycles. The average molecular weight is 394 g/mol. The van der Waals surface area contributed by atoms with Crippen LogP contribution in [0, 0.1) is 0 Å². The Labute approximate surface area is 160 Å². The van der Waals surface area contributed by atoms with Gasteiger partial charge in [-0.2, -0.15) is 0 Å². The minimum absolute atomic E-state index is 0.107. The van der Waals surface area contributed by atoms with Crippen molar-refractivity contribution in [3.63, 3.8) is 0 Å². The number of likely N-dealkylation sites (N-methyl/N-ethyl adjacent to an activating group) is 1. The van der Waals surface area contributed by atoms with Crippen LogP contribution in [0.2, 0.25) is 0 Å². The molecule has 2 aliphatic heterocycles. The molecule has 1 atom stereocenters. The molecule has 1 aromatic rings. The Kier molecular flexibility index (Phi) is 5.43. The highest BCUT2D eigenvalue weighted by Gasteiger charge is 2.40. The van der Waals surface area contributed by atoms with Gasteiger partial charge in [0.25, 0.3) is 0 Å². The summed E-state index contributed by atoms with van der Waals surface area (Å²) in [6.45, 7) is 2.92. The number of nitrogens with zero attached hydrogens (tertiary/aromatic N) is 3. The van der Waals surface area contributed by atoms with Crippen molar-refractivity contribution in [3.05, 3.63) is 18.2 Å². The summed E-state index contributed by atoms with van der Waals surface area (Å²) in [5.41, 5.74) is 1.29. The number of carbonyl (C=O) groups excluding carboxylic acids is 2. The first-order valence-electron chi connectivity index (χ1n) is 9.18. The SMILES string of the molecule is CCNC(=O)CN1C(=O)[C@H]2CCCCN2c2ccc(S(=O)(=O)N(C)C)cc21. The lowest BCUT2D eigenvalue weighted by atomic mass is 9.96. The number of benzene rings is 1. The van der Waals surface area contributed by atoms with E-state index in [-0.39, 0.29) is 29.3 Å². The quantitative estimate of drug-likeness (QED) is 0.797. The van der Waals surface area contributed by atoms with Crippen molar-refractivity contribution in [1.29, 1.82) is 0 Å². The topological polar surface area (TPSA) is 90.0 Å². The van der Waals surface area contributed by atoms with Gasteiger partial charge < -0.3 is 10.2 Å². The lowest BCUT2D eigenvalue weighted by Gasteiger charge is -2.45. The van der Waals surface area contributed by atoms with Gasteiger partial charge in [-0.3, -0.25) is 14.5 Å². The van der Waals surface area contributed by atoms with Crippen molar-refractivity contribution < 1.29 is 18.0 Å². The first-order valence-corrected chi connectivity index (χ1v) is 10.6. The minimum atomic E-state index is -3.64. The lowest BCUT2D eigenvalue weighted by Crippen LogP contribution is -2.57.